The van der Waals surface area contributed by atoms with E-state index in [1.807, 2.05) is 19.1 Å². The van der Waals surface area contributed by atoms with Crippen molar-refractivity contribution >= 4 is 23.4 Å². The van der Waals surface area contributed by atoms with E-state index in [9.17, 15) is 18.0 Å². The van der Waals surface area contributed by atoms with Crippen LogP contribution in [0.2, 0.25) is 0 Å². The SMILES string of the molecule is Cc1ccc(N=C2c3ccccc3C3=NC(=O)NC(c4ccccc4)(C(F)(F)F)N32)cc1. The van der Waals surface area contributed by atoms with Gasteiger partial charge in [0.1, 0.15) is 5.84 Å². The third-order valence-corrected chi connectivity index (χ3v) is 5.53. The van der Waals surface area contributed by atoms with Crippen LogP contribution in [0.1, 0.15) is 22.3 Å². The Kier molecular flexibility index (Phi) is 4.40. The molecule has 0 fully saturated rings. The Bertz CT molecular complexity index is 1270. The molecule has 32 heavy (non-hydrogen) atoms. The van der Waals surface area contributed by atoms with Crippen LogP contribution in [0.3, 0.4) is 0 Å². The number of hydrogen-bond acceptors (Lipinski definition) is 2. The minimum atomic E-state index is -4.89. The van der Waals surface area contributed by atoms with E-state index in [1.165, 1.54) is 24.3 Å². The first kappa shape index (κ1) is 20.0. The largest absolute Gasteiger partial charge is 0.435 e. The fourth-order valence-corrected chi connectivity index (χ4v) is 4.07. The fraction of sp³-hybridized carbons (Fsp3) is 0.125. The van der Waals surface area contributed by atoms with E-state index in [0.29, 0.717) is 16.8 Å². The van der Waals surface area contributed by atoms with Gasteiger partial charge in [0.25, 0.3) is 0 Å². The first-order chi connectivity index (χ1) is 15.3. The fourth-order valence-electron chi connectivity index (χ4n) is 4.07. The van der Waals surface area contributed by atoms with Crippen LogP contribution in [-0.4, -0.2) is 28.8 Å². The smallest absolute Gasteiger partial charge is 0.301 e. The Morgan fingerprint density at radius 1 is 0.906 bits per heavy atom. The monoisotopic (exact) mass is 434 g/mol. The number of carbonyl (C=O) groups is 1. The van der Waals surface area contributed by atoms with E-state index in [-0.39, 0.29) is 17.2 Å². The van der Waals surface area contributed by atoms with Crippen LogP contribution < -0.4 is 5.32 Å². The molecule has 2 aliphatic rings. The molecule has 5 nitrogen and oxygen atoms in total. The molecule has 0 saturated carbocycles. The number of amides is 2. The first-order valence-corrected chi connectivity index (χ1v) is 9.90. The van der Waals surface area contributed by atoms with Crippen LogP contribution >= 0.6 is 0 Å². The molecule has 1 N–H and O–H groups in total. The quantitative estimate of drug-likeness (QED) is 0.597. The van der Waals surface area contributed by atoms with Gasteiger partial charge in [0.05, 0.1) is 5.69 Å². The number of fused-ring (bicyclic) bond motifs is 3. The predicted molar refractivity (Wildman–Crippen MR) is 115 cm³/mol. The van der Waals surface area contributed by atoms with E-state index in [1.54, 1.807) is 42.5 Å². The zero-order valence-corrected chi connectivity index (χ0v) is 16.9. The van der Waals surface area contributed by atoms with Gasteiger partial charge >= 0.3 is 12.2 Å². The second kappa shape index (κ2) is 7.05. The number of amidine groups is 2. The molecule has 0 aromatic heterocycles. The molecule has 8 heteroatoms. The third kappa shape index (κ3) is 2.90. The summed E-state index contributed by atoms with van der Waals surface area (Å²) in [5.74, 6) is -0.0271. The van der Waals surface area contributed by atoms with Crippen molar-refractivity contribution in [3.63, 3.8) is 0 Å². The van der Waals surface area contributed by atoms with Crippen LogP contribution in [0, 0.1) is 6.92 Å². The Morgan fingerprint density at radius 2 is 1.53 bits per heavy atom. The summed E-state index contributed by atoms with van der Waals surface area (Å²) >= 11 is 0. The number of urea groups is 1. The average molecular weight is 434 g/mol. The summed E-state index contributed by atoms with van der Waals surface area (Å²) in [6, 6.07) is 20.1. The summed E-state index contributed by atoms with van der Waals surface area (Å²) < 4.78 is 44.7. The molecule has 1 unspecified atom stereocenters. The summed E-state index contributed by atoms with van der Waals surface area (Å²) in [7, 11) is 0. The normalized spacial score (nSPS) is 21.1. The predicted octanol–water partition coefficient (Wildman–Crippen LogP) is 5.27. The van der Waals surface area contributed by atoms with Crippen molar-refractivity contribution in [3.05, 3.63) is 101 Å². The molecular weight excluding hydrogens is 417 g/mol. The van der Waals surface area contributed by atoms with Gasteiger partial charge in [-0.25, -0.2) is 9.79 Å². The van der Waals surface area contributed by atoms with Crippen molar-refractivity contribution in [1.82, 2.24) is 10.2 Å². The Morgan fingerprint density at radius 3 is 2.19 bits per heavy atom. The molecule has 2 aliphatic heterocycles. The van der Waals surface area contributed by atoms with Crippen LogP contribution in [0.4, 0.5) is 23.7 Å². The molecule has 0 bridgehead atoms. The summed E-state index contributed by atoms with van der Waals surface area (Å²) in [6.45, 7) is 1.91. The molecule has 2 heterocycles. The van der Waals surface area contributed by atoms with E-state index in [4.69, 9.17) is 0 Å². The second-order valence-corrected chi connectivity index (χ2v) is 7.59. The second-order valence-electron chi connectivity index (χ2n) is 7.59. The Balaban J connectivity index is 1.84. The lowest BCUT2D eigenvalue weighted by atomic mass is 9.95. The molecule has 0 spiro atoms. The third-order valence-electron chi connectivity index (χ3n) is 5.53. The van der Waals surface area contributed by atoms with Gasteiger partial charge in [-0.2, -0.15) is 18.2 Å². The maximum atomic E-state index is 14.9. The van der Waals surface area contributed by atoms with Crippen molar-refractivity contribution in [1.29, 1.82) is 0 Å². The number of aryl methyl sites for hydroxylation is 1. The summed E-state index contributed by atoms with van der Waals surface area (Å²) in [4.78, 5) is 22.0. The van der Waals surface area contributed by atoms with Crippen molar-refractivity contribution in [2.75, 3.05) is 0 Å². The summed E-state index contributed by atoms with van der Waals surface area (Å²) in [6.07, 6.45) is -4.89. The van der Waals surface area contributed by atoms with Crippen molar-refractivity contribution < 1.29 is 18.0 Å². The Hall–Kier alpha value is -3.94. The maximum absolute atomic E-state index is 14.9. The highest BCUT2D eigenvalue weighted by Crippen LogP contribution is 2.47. The molecule has 3 aromatic carbocycles. The lowest BCUT2D eigenvalue weighted by Crippen LogP contribution is -2.69. The number of nitrogens with zero attached hydrogens (tertiary/aromatic N) is 3. The molecule has 160 valence electrons. The van der Waals surface area contributed by atoms with Gasteiger partial charge in [-0.3, -0.25) is 4.90 Å². The van der Waals surface area contributed by atoms with Crippen LogP contribution in [-0.2, 0) is 5.66 Å². The molecule has 5 rings (SSSR count). The van der Waals surface area contributed by atoms with Gasteiger partial charge in [-0.1, -0.05) is 72.3 Å². The van der Waals surface area contributed by atoms with Crippen molar-refractivity contribution in [2.24, 2.45) is 9.98 Å². The minimum Gasteiger partial charge on any atom is -0.301 e. The molecule has 1 atom stereocenters. The first-order valence-electron chi connectivity index (χ1n) is 9.90. The highest BCUT2D eigenvalue weighted by Gasteiger charge is 2.66. The number of benzene rings is 3. The minimum absolute atomic E-state index is 0.0596. The topological polar surface area (TPSA) is 57.1 Å². The van der Waals surface area contributed by atoms with Gasteiger partial charge < -0.3 is 5.32 Å². The summed E-state index contributed by atoms with van der Waals surface area (Å²) in [5.41, 5.74) is -0.640. The van der Waals surface area contributed by atoms with Gasteiger partial charge in [0.2, 0.25) is 5.66 Å². The molecule has 2 amide bonds. The zero-order chi connectivity index (χ0) is 22.5. The lowest BCUT2D eigenvalue weighted by Gasteiger charge is -2.46. The molecule has 0 radical (unpaired) electrons. The number of rotatable bonds is 2. The number of nitrogens with one attached hydrogen (secondary N) is 1. The summed E-state index contributed by atoms with van der Waals surface area (Å²) in [5, 5.41) is 2.11. The van der Waals surface area contributed by atoms with Gasteiger partial charge in [0.15, 0.2) is 5.84 Å². The van der Waals surface area contributed by atoms with Crippen LogP contribution in [0.5, 0.6) is 0 Å². The number of alkyl halides is 3. The highest BCUT2D eigenvalue weighted by atomic mass is 19.4. The van der Waals surface area contributed by atoms with Crippen molar-refractivity contribution in [3.8, 4) is 0 Å². The molecular formula is C24H17F3N4O. The van der Waals surface area contributed by atoms with Gasteiger partial charge in [-0.15, -0.1) is 0 Å². The highest BCUT2D eigenvalue weighted by molar-refractivity contribution is 6.28. The van der Waals surface area contributed by atoms with Gasteiger partial charge in [-0.05, 0) is 19.1 Å². The Labute approximate surface area is 181 Å². The number of hydrogen-bond donors (Lipinski definition) is 1. The van der Waals surface area contributed by atoms with Gasteiger partial charge in [0, 0.05) is 16.7 Å². The standard InChI is InChI=1S/C24H17F3N4O/c1-15-11-13-17(14-12-15)28-20-18-9-5-6-10-19(18)21-29-22(32)30-23(31(20)21,24(25,26)27)16-7-3-2-4-8-16/h2-14H,1H3,(H,30,32). The van der Waals surface area contributed by atoms with E-state index in [2.05, 4.69) is 15.3 Å². The van der Waals surface area contributed by atoms with E-state index < -0.39 is 17.9 Å². The molecule has 0 saturated heterocycles. The van der Waals surface area contributed by atoms with Crippen LogP contribution in [0.25, 0.3) is 0 Å². The van der Waals surface area contributed by atoms with E-state index >= 15 is 0 Å². The van der Waals surface area contributed by atoms with E-state index in [0.717, 1.165) is 10.5 Å². The average Bonchev–Trinajstić information content (AvgIpc) is 3.08. The number of halogens is 3. The lowest BCUT2D eigenvalue weighted by molar-refractivity contribution is -0.223. The molecule has 3 aromatic rings. The number of carbonyl (C=O) groups excluding carboxylic acids is 1. The number of aliphatic imine (C=N–C) groups is 2. The van der Waals surface area contributed by atoms with Crippen molar-refractivity contribution in [2.45, 2.75) is 18.8 Å². The molecule has 0 aliphatic carbocycles. The zero-order valence-electron chi connectivity index (χ0n) is 16.9. The van der Waals surface area contributed by atoms with Crippen LogP contribution in [0.15, 0.2) is 88.8 Å². The maximum Gasteiger partial charge on any atom is 0.435 e.